The van der Waals surface area contributed by atoms with Gasteiger partial charge in [0.2, 0.25) is 10.0 Å². The third-order valence-corrected chi connectivity index (χ3v) is 7.60. The molecular formula is C18H25ClN2O4S2. The van der Waals surface area contributed by atoms with E-state index in [0.29, 0.717) is 23.0 Å². The van der Waals surface area contributed by atoms with E-state index in [1.807, 2.05) is 11.8 Å². The summed E-state index contributed by atoms with van der Waals surface area (Å²) in [6.45, 7) is 0.754. The van der Waals surface area contributed by atoms with Crippen molar-refractivity contribution in [1.29, 1.82) is 0 Å². The number of benzene rings is 1. The quantitative estimate of drug-likeness (QED) is 0.699. The Kier molecular flexibility index (Phi) is 6.81. The number of ether oxygens (including phenoxy) is 1. The van der Waals surface area contributed by atoms with Crippen LogP contribution in [-0.4, -0.2) is 50.8 Å². The number of nitrogens with one attached hydrogen (secondary N) is 1. The molecule has 1 aliphatic heterocycles. The highest BCUT2D eigenvalue weighted by Gasteiger charge is 2.31. The van der Waals surface area contributed by atoms with Gasteiger partial charge in [-0.2, -0.15) is 11.8 Å². The Morgan fingerprint density at radius 3 is 2.78 bits per heavy atom. The molecular weight excluding hydrogens is 408 g/mol. The van der Waals surface area contributed by atoms with E-state index in [-0.39, 0.29) is 18.9 Å². The molecule has 2 aliphatic rings. The molecule has 0 radical (unpaired) electrons. The van der Waals surface area contributed by atoms with Crippen molar-refractivity contribution in [2.45, 2.75) is 43.5 Å². The van der Waals surface area contributed by atoms with Crippen LogP contribution in [0.15, 0.2) is 18.2 Å². The summed E-state index contributed by atoms with van der Waals surface area (Å²) < 4.78 is 31.4. The monoisotopic (exact) mass is 432 g/mol. The van der Waals surface area contributed by atoms with E-state index in [2.05, 4.69) is 5.32 Å². The summed E-state index contributed by atoms with van der Waals surface area (Å²) in [7, 11) is -3.50. The van der Waals surface area contributed by atoms with Crippen LogP contribution < -0.4 is 14.4 Å². The van der Waals surface area contributed by atoms with Gasteiger partial charge in [-0.1, -0.05) is 24.4 Å². The van der Waals surface area contributed by atoms with Crippen LogP contribution in [-0.2, 0) is 14.8 Å². The average molecular weight is 433 g/mol. The first kappa shape index (κ1) is 20.6. The fraction of sp³-hybridized carbons (Fsp3) is 0.611. The van der Waals surface area contributed by atoms with Crippen molar-refractivity contribution in [2.75, 3.05) is 29.4 Å². The van der Waals surface area contributed by atoms with E-state index in [1.165, 1.54) is 30.0 Å². The topological polar surface area (TPSA) is 75.7 Å². The highest BCUT2D eigenvalue weighted by atomic mass is 35.5. The van der Waals surface area contributed by atoms with Crippen molar-refractivity contribution < 1.29 is 17.9 Å². The van der Waals surface area contributed by atoms with E-state index in [1.54, 1.807) is 18.2 Å². The molecule has 3 rings (SSSR count). The number of fused-ring (bicyclic) bond motifs is 1. The number of hydrogen-bond acceptors (Lipinski definition) is 5. The van der Waals surface area contributed by atoms with Crippen molar-refractivity contribution in [1.82, 2.24) is 5.32 Å². The van der Waals surface area contributed by atoms with E-state index < -0.39 is 16.1 Å². The van der Waals surface area contributed by atoms with Crippen LogP contribution in [0.5, 0.6) is 5.75 Å². The van der Waals surface area contributed by atoms with Crippen LogP contribution in [0.2, 0.25) is 5.02 Å². The molecule has 27 heavy (non-hydrogen) atoms. The van der Waals surface area contributed by atoms with E-state index in [0.717, 1.165) is 17.3 Å². The maximum absolute atomic E-state index is 12.5. The van der Waals surface area contributed by atoms with Crippen molar-refractivity contribution in [3.8, 4) is 5.75 Å². The van der Waals surface area contributed by atoms with Crippen LogP contribution in [0.1, 0.15) is 32.1 Å². The molecule has 9 heteroatoms. The molecule has 0 saturated heterocycles. The zero-order valence-electron chi connectivity index (χ0n) is 15.3. The maximum Gasteiger partial charge on any atom is 0.261 e. The molecule has 0 unspecified atom stereocenters. The lowest BCUT2D eigenvalue weighted by molar-refractivity contribution is -0.127. The Bertz CT molecular complexity index is 782. The summed E-state index contributed by atoms with van der Waals surface area (Å²) >= 11 is 7.94. The van der Waals surface area contributed by atoms with Crippen LogP contribution >= 0.6 is 23.4 Å². The normalized spacial score (nSPS) is 20.7. The Balaban J connectivity index is 1.62. The summed E-state index contributed by atoms with van der Waals surface area (Å²) in [5, 5.41) is 4.05. The van der Waals surface area contributed by atoms with Crippen LogP contribution in [0, 0.1) is 0 Å². The second-order valence-electron chi connectivity index (χ2n) is 6.91. The molecule has 1 aromatic carbocycles. The minimum absolute atomic E-state index is 0.168. The van der Waals surface area contributed by atoms with Gasteiger partial charge in [0, 0.05) is 35.5 Å². The van der Waals surface area contributed by atoms with Crippen LogP contribution in [0.3, 0.4) is 0 Å². The molecule has 150 valence electrons. The van der Waals surface area contributed by atoms with E-state index >= 15 is 0 Å². The third-order valence-electron chi connectivity index (χ3n) is 4.80. The Morgan fingerprint density at radius 1 is 1.33 bits per heavy atom. The third kappa shape index (κ3) is 5.45. The van der Waals surface area contributed by atoms with Gasteiger partial charge in [0.1, 0.15) is 5.75 Å². The van der Waals surface area contributed by atoms with Gasteiger partial charge in [0.05, 0.1) is 11.9 Å². The predicted octanol–water partition coefficient (Wildman–Crippen LogP) is 3.05. The lowest BCUT2D eigenvalue weighted by Crippen LogP contribution is -2.40. The van der Waals surface area contributed by atoms with Gasteiger partial charge < -0.3 is 10.1 Å². The lowest BCUT2D eigenvalue weighted by atomic mass is 10.2. The fourth-order valence-corrected chi connectivity index (χ4v) is 5.77. The molecule has 1 atom stereocenters. The van der Waals surface area contributed by atoms with Crippen molar-refractivity contribution >= 4 is 45.0 Å². The van der Waals surface area contributed by atoms with Gasteiger partial charge in [-0.05, 0) is 31.0 Å². The molecule has 1 saturated carbocycles. The highest BCUT2D eigenvalue weighted by Crippen LogP contribution is 2.36. The van der Waals surface area contributed by atoms with Gasteiger partial charge in [-0.25, -0.2) is 8.42 Å². The second kappa shape index (κ2) is 8.92. The van der Waals surface area contributed by atoms with Crippen molar-refractivity contribution in [3.05, 3.63) is 23.2 Å². The Morgan fingerprint density at radius 2 is 2.07 bits per heavy atom. The predicted molar refractivity (Wildman–Crippen MR) is 110 cm³/mol. The average Bonchev–Trinajstić information content (AvgIpc) is 3.04. The number of carbonyl (C=O) groups excluding carboxylic acids is 1. The second-order valence-corrected chi connectivity index (χ2v) is 10.7. The van der Waals surface area contributed by atoms with Crippen LogP contribution in [0.4, 0.5) is 5.69 Å². The van der Waals surface area contributed by atoms with E-state index in [4.69, 9.17) is 16.3 Å². The first-order chi connectivity index (χ1) is 12.8. The number of nitrogens with zero attached hydrogens (tertiary/aromatic N) is 1. The Labute approximate surface area is 170 Å². The molecule has 6 nitrogen and oxygen atoms in total. The summed E-state index contributed by atoms with van der Waals surface area (Å²) in [5.74, 6) is 1.02. The summed E-state index contributed by atoms with van der Waals surface area (Å²) in [4.78, 5) is 12.5. The zero-order valence-corrected chi connectivity index (χ0v) is 17.7. The molecule has 0 spiro atoms. The number of sulfonamides is 1. The number of hydrogen-bond donors (Lipinski definition) is 1. The fourth-order valence-electron chi connectivity index (χ4n) is 3.45. The molecule has 1 aliphatic carbocycles. The number of anilines is 1. The van der Waals surface area contributed by atoms with Gasteiger partial charge in [-0.15, -0.1) is 0 Å². The van der Waals surface area contributed by atoms with Crippen molar-refractivity contribution in [2.24, 2.45) is 0 Å². The number of halogens is 1. The summed E-state index contributed by atoms with van der Waals surface area (Å²) in [6, 6.07) is 4.78. The maximum atomic E-state index is 12.5. The zero-order chi connectivity index (χ0) is 19.4. The number of carbonyl (C=O) groups is 1. The van der Waals surface area contributed by atoms with Crippen LogP contribution in [0.25, 0.3) is 0 Å². The molecule has 1 aromatic rings. The minimum Gasteiger partial charge on any atom is -0.478 e. The van der Waals surface area contributed by atoms with E-state index in [9.17, 15) is 13.2 Å². The van der Waals surface area contributed by atoms with Crippen molar-refractivity contribution in [3.63, 3.8) is 0 Å². The minimum atomic E-state index is -3.50. The molecule has 1 amide bonds. The molecule has 1 fully saturated rings. The van der Waals surface area contributed by atoms with Gasteiger partial charge in [-0.3, -0.25) is 9.10 Å². The highest BCUT2D eigenvalue weighted by molar-refractivity contribution is 7.99. The lowest BCUT2D eigenvalue weighted by Gasteiger charge is -2.21. The largest absolute Gasteiger partial charge is 0.478 e. The Hall–Kier alpha value is -1.12. The molecule has 0 aromatic heterocycles. The van der Waals surface area contributed by atoms with Gasteiger partial charge in [0.25, 0.3) is 5.91 Å². The first-order valence-electron chi connectivity index (χ1n) is 9.18. The standard InChI is InChI=1S/C18H25ClN2O4S2/c1-27(23,24)21-10-8-17(25-16-7-6-13(19)12-15(16)21)18(22)20-9-11-26-14-4-2-3-5-14/h6-7,12,14,17H,2-5,8-11H2,1H3,(H,20,22)/t17-/m0/s1. The summed E-state index contributed by atoms with van der Waals surface area (Å²) in [6.07, 6.45) is 5.84. The first-order valence-corrected chi connectivity index (χ1v) is 12.5. The number of thioether (sulfide) groups is 1. The summed E-state index contributed by atoms with van der Waals surface area (Å²) in [5.41, 5.74) is 0.372. The number of rotatable bonds is 6. The molecule has 0 bridgehead atoms. The van der Waals surface area contributed by atoms with Gasteiger partial charge in [0.15, 0.2) is 6.10 Å². The smallest absolute Gasteiger partial charge is 0.261 e. The molecule has 1 heterocycles. The number of amides is 1. The molecule has 1 N–H and O–H groups in total. The SMILES string of the molecule is CS(=O)(=O)N1CC[C@@H](C(=O)NCCSC2CCCC2)Oc2ccc(Cl)cc21. The van der Waals surface area contributed by atoms with Gasteiger partial charge >= 0.3 is 0 Å².